The largest absolute Gasteiger partial charge is 0.487 e. The summed E-state index contributed by atoms with van der Waals surface area (Å²) in [5.74, 6) is -0.260. The number of carbonyl (C=O) groups excluding carboxylic acids is 1. The van der Waals surface area contributed by atoms with Gasteiger partial charge in [0, 0.05) is 12.4 Å². The molecule has 2 rings (SSSR count). The summed E-state index contributed by atoms with van der Waals surface area (Å²) in [6.45, 7) is 9.64. The van der Waals surface area contributed by atoms with Crippen LogP contribution in [0, 0.1) is 6.92 Å². The van der Waals surface area contributed by atoms with Crippen molar-refractivity contribution in [1.29, 1.82) is 0 Å². The van der Waals surface area contributed by atoms with E-state index in [0.29, 0.717) is 11.4 Å². The lowest BCUT2D eigenvalue weighted by molar-refractivity contribution is 0.0998. The van der Waals surface area contributed by atoms with Gasteiger partial charge in [0.25, 0.3) is 11.5 Å². The molecule has 0 radical (unpaired) electrons. The van der Waals surface area contributed by atoms with Crippen molar-refractivity contribution in [2.75, 3.05) is 0 Å². The fourth-order valence-corrected chi connectivity index (χ4v) is 1.76. The number of thiol groups is 2. The van der Waals surface area contributed by atoms with E-state index in [1.165, 1.54) is 10.6 Å². The molecule has 2 N–H and O–H groups in total. The highest BCUT2D eigenvalue weighted by Crippen LogP contribution is 2.23. The number of ether oxygens (including phenoxy) is 1. The van der Waals surface area contributed by atoms with Gasteiger partial charge in [0.1, 0.15) is 5.56 Å². The molecule has 0 saturated heterocycles. The molecular formula is C15H23N3O3S2. The summed E-state index contributed by atoms with van der Waals surface area (Å²) in [6, 6.07) is 1.73. The quantitative estimate of drug-likeness (QED) is 0.582. The third-order valence-corrected chi connectivity index (χ3v) is 2.65. The lowest BCUT2D eigenvalue weighted by atomic mass is 10.2. The Labute approximate surface area is 146 Å². The summed E-state index contributed by atoms with van der Waals surface area (Å²) in [5, 5.41) is 0. The first-order chi connectivity index (χ1) is 10.9. The van der Waals surface area contributed by atoms with E-state index in [1.807, 2.05) is 34.6 Å². The van der Waals surface area contributed by atoms with E-state index in [1.54, 1.807) is 12.3 Å². The molecule has 2 heterocycles. The maximum Gasteiger partial charge on any atom is 0.270 e. The molecule has 0 aliphatic rings. The maximum absolute atomic E-state index is 12.1. The molecule has 0 spiro atoms. The minimum Gasteiger partial charge on any atom is -0.487 e. The fourth-order valence-electron chi connectivity index (χ4n) is 1.76. The van der Waals surface area contributed by atoms with Gasteiger partial charge in [0.05, 0.1) is 6.10 Å². The summed E-state index contributed by atoms with van der Waals surface area (Å²) in [6.07, 6.45) is 2.70. The highest BCUT2D eigenvalue weighted by Gasteiger charge is 2.14. The number of aryl methyl sites for hydroxylation is 1. The van der Waals surface area contributed by atoms with E-state index < -0.39 is 11.5 Å². The summed E-state index contributed by atoms with van der Waals surface area (Å²) in [7, 11) is 0. The third kappa shape index (κ3) is 5.18. The fraction of sp³-hybridized carbons (Fsp3) is 0.400. The highest BCUT2D eigenvalue weighted by atomic mass is 33.1. The number of amides is 1. The topological polar surface area (TPSA) is 86.7 Å². The molecule has 1 amide bonds. The van der Waals surface area contributed by atoms with Crippen LogP contribution in [0.15, 0.2) is 23.3 Å². The molecule has 2 aromatic heterocycles. The number of hydrogen-bond acceptors (Lipinski definition) is 6. The van der Waals surface area contributed by atoms with Gasteiger partial charge in [-0.2, -0.15) is 0 Å². The zero-order valence-electron chi connectivity index (χ0n) is 13.9. The van der Waals surface area contributed by atoms with Gasteiger partial charge in [0.15, 0.2) is 11.4 Å². The molecule has 0 fully saturated rings. The van der Waals surface area contributed by atoms with Crippen molar-refractivity contribution in [3.63, 3.8) is 0 Å². The van der Waals surface area contributed by atoms with Gasteiger partial charge in [-0.1, -0.05) is 13.8 Å². The molecule has 0 unspecified atom stereocenters. The van der Waals surface area contributed by atoms with Crippen LogP contribution >= 0.6 is 23.3 Å². The molecule has 2 aromatic rings. The number of aromatic nitrogens is 2. The van der Waals surface area contributed by atoms with E-state index in [4.69, 9.17) is 10.5 Å². The summed E-state index contributed by atoms with van der Waals surface area (Å²) < 4.78 is 6.94. The molecule has 23 heavy (non-hydrogen) atoms. The standard InChI is InChI=1S/C13H15N3O3.C2H6.H2S2/c1-7(2)19-10-8(3)4-5-16-12(10)15-6-9(11(14)17)13(16)18;2*1-2/h4-7H,1-3H3,(H2,14,17);1-2H3;1-2H. The Kier molecular flexibility index (Phi) is 9.43. The normalized spacial score (nSPS) is 9.57. The molecule has 8 heteroatoms. The van der Waals surface area contributed by atoms with Gasteiger partial charge >= 0.3 is 0 Å². The van der Waals surface area contributed by atoms with Gasteiger partial charge in [-0.25, -0.2) is 4.98 Å². The Morgan fingerprint density at radius 2 is 1.91 bits per heavy atom. The molecule has 6 nitrogen and oxygen atoms in total. The number of pyridine rings is 1. The van der Waals surface area contributed by atoms with E-state index in [2.05, 4.69) is 28.3 Å². The zero-order valence-corrected chi connectivity index (χ0v) is 15.7. The van der Waals surface area contributed by atoms with Crippen molar-refractivity contribution < 1.29 is 9.53 Å². The average Bonchev–Trinajstić information content (AvgIpc) is 2.53. The van der Waals surface area contributed by atoms with E-state index in [-0.39, 0.29) is 11.7 Å². The van der Waals surface area contributed by atoms with Gasteiger partial charge in [0.2, 0.25) is 0 Å². The molecule has 0 saturated carbocycles. The van der Waals surface area contributed by atoms with Crippen molar-refractivity contribution >= 4 is 34.9 Å². The van der Waals surface area contributed by atoms with Crippen LogP contribution in [0.2, 0.25) is 0 Å². The minimum absolute atomic E-state index is 0.0439. The van der Waals surface area contributed by atoms with Crippen molar-refractivity contribution in [2.24, 2.45) is 5.73 Å². The van der Waals surface area contributed by atoms with Crippen molar-refractivity contribution in [1.82, 2.24) is 9.38 Å². The third-order valence-electron chi connectivity index (χ3n) is 2.65. The van der Waals surface area contributed by atoms with E-state index in [9.17, 15) is 9.59 Å². The first-order valence-electron chi connectivity index (χ1n) is 7.09. The second-order valence-corrected chi connectivity index (χ2v) is 4.53. The van der Waals surface area contributed by atoms with Crippen LogP contribution in [-0.2, 0) is 0 Å². The van der Waals surface area contributed by atoms with E-state index >= 15 is 0 Å². The number of nitrogens with zero attached hydrogens (tertiary/aromatic N) is 2. The van der Waals surface area contributed by atoms with Crippen LogP contribution in [0.3, 0.4) is 0 Å². The lowest BCUT2D eigenvalue weighted by Gasteiger charge is -2.14. The predicted octanol–water partition coefficient (Wildman–Crippen LogP) is 2.68. The molecule has 0 atom stereocenters. The van der Waals surface area contributed by atoms with Gasteiger partial charge < -0.3 is 10.5 Å². The lowest BCUT2D eigenvalue weighted by Crippen LogP contribution is -2.27. The number of nitrogens with two attached hydrogens (primary N) is 1. The number of rotatable bonds is 3. The van der Waals surface area contributed by atoms with Gasteiger partial charge in [-0.05, 0) is 32.4 Å². The molecule has 0 aliphatic carbocycles. The summed E-state index contributed by atoms with van der Waals surface area (Å²) >= 11 is 6.44. The molecular weight excluding hydrogens is 334 g/mol. The van der Waals surface area contributed by atoms with Crippen molar-refractivity contribution in [2.45, 2.75) is 40.7 Å². The summed E-state index contributed by atoms with van der Waals surface area (Å²) in [5.41, 5.74) is 5.74. The number of carbonyl (C=O) groups is 1. The Hall–Kier alpha value is -1.67. The van der Waals surface area contributed by atoms with Crippen molar-refractivity contribution in [3.8, 4) is 5.75 Å². The highest BCUT2D eigenvalue weighted by molar-refractivity contribution is 8.59. The van der Waals surface area contributed by atoms with Gasteiger partial charge in [-0.3, -0.25) is 14.0 Å². The number of hydrogen-bond donors (Lipinski definition) is 3. The average molecular weight is 358 g/mol. The molecule has 0 aromatic carbocycles. The maximum atomic E-state index is 12.1. The Morgan fingerprint density at radius 3 is 2.39 bits per heavy atom. The molecule has 0 bridgehead atoms. The van der Waals surface area contributed by atoms with Crippen LogP contribution in [0.25, 0.3) is 5.65 Å². The monoisotopic (exact) mass is 357 g/mol. The van der Waals surface area contributed by atoms with Crippen LogP contribution in [-0.4, -0.2) is 21.4 Å². The Bertz CT molecular complexity index is 715. The van der Waals surface area contributed by atoms with Crippen molar-refractivity contribution in [3.05, 3.63) is 39.9 Å². The Morgan fingerprint density at radius 1 is 1.35 bits per heavy atom. The number of primary amides is 1. The first kappa shape index (κ1) is 21.3. The number of fused-ring (bicyclic) bond motifs is 1. The van der Waals surface area contributed by atoms with Crippen LogP contribution in [0.1, 0.15) is 43.6 Å². The zero-order chi connectivity index (χ0) is 18.2. The summed E-state index contributed by atoms with van der Waals surface area (Å²) in [4.78, 5) is 27.3. The van der Waals surface area contributed by atoms with Gasteiger partial charge in [-0.15, -0.1) is 23.3 Å². The molecule has 0 aliphatic heterocycles. The van der Waals surface area contributed by atoms with Crippen LogP contribution in [0.4, 0.5) is 0 Å². The second-order valence-electron chi connectivity index (χ2n) is 4.53. The minimum atomic E-state index is -0.793. The molecule has 128 valence electrons. The smallest absolute Gasteiger partial charge is 0.270 e. The SMILES string of the molecule is CC.Cc1ccn2c(=O)c(C(N)=O)cnc2c1OC(C)C.SS. The van der Waals surface area contributed by atoms with Crippen LogP contribution in [0.5, 0.6) is 5.75 Å². The van der Waals surface area contributed by atoms with E-state index in [0.717, 1.165) is 5.56 Å². The first-order valence-corrected chi connectivity index (χ1v) is 8.69. The predicted molar refractivity (Wildman–Crippen MR) is 99.8 cm³/mol. The van der Waals surface area contributed by atoms with Crippen LogP contribution < -0.4 is 16.0 Å². The second kappa shape index (κ2) is 10.2. The Balaban J connectivity index is 0.00000112.